The van der Waals surface area contributed by atoms with Crippen LogP contribution in [0.4, 0.5) is 4.39 Å². The molecule has 3 aromatic rings. The van der Waals surface area contributed by atoms with Crippen molar-refractivity contribution in [1.82, 2.24) is 10.1 Å². The van der Waals surface area contributed by atoms with Gasteiger partial charge >= 0.3 is 0 Å². The Bertz CT molecular complexity index is 1230. The molecule has 0 unspecified atom stereocenters. The third-order valence-corrected chi connectivity index (χ3v) is 7.60. The molecule has 0 radical (unpaired) electrons. The Kier molecular flexibility index (Phi) is 7.68. The zero-order valence-corrected chi connectivity index (χ0v) is 21.0. The van der Waals surface area contributed by atoms with Gasteiger partial charge in [-0.05, 0) is 27.9 Å². The summed E-state index contributed by atoms with van der Waals surface area (Å²) in [5.74, 6) is -1.44. The molecule has 0 aliphatic rings. The molecule has 9 heteroatoms. The van der Waals surface area contributed by atoms with Gasteiger partial charge in [0.2, 0.25) is 5.76 Å². The monoisotopic (exact) mass is 484 g/mol. The lowest BCUT2D eigenvalue weighted by Gasteiger charge is -2.27. The van der Waals surface area contributed by atoms with Crippen molar-refractivity contribution in [2.75, 3.05) is 14.2 Å². The quantitative estimate of drug-likeness (QED) is 0.470. The predicted molar refractivity (Wildman–Crippen MR) is 129 cm³/mol. The van der Waals surface area contributed by atoms with Crippen LogP contribution in [0.5, 0.6) is 0 Å². The fraction of sp³-hybridized carbons (Fsp3) is 0.320. The van der Waals surface area contributed by atoms with E-state index in [9.17, 15) is 18.8 Å². The number of Topliss-reactive ketones (excluding diaryl/α,β-unsaturated/α-hetero) is 1. The lowest BCUT2D eigenvalue weighted by Crippen LogP contribution is -2.40. The van der Waals surface area contributed by atoms with Crippen molar-refractivity contribution in [3.63, 3.8) is 0 Å². The number of carbonyl (C=O) groups is 2. The number of aromatic nitrogens is 1. The van der Waals surface area contributed by atoms with Crippen LogP contribution in [-0.2, 0) is 22.6 Å². The number of H-pyrrole nitrogens is 1. The standard InChI is InChI=1S/C25H29FN2O5Si/c1-28(25(31)21-14-23(30)27-33-21)24(18-9-6-16(7-10-18)15-32-2)20(29)13-17-8-11-22(19(26)12-17)34(3,4)5/h6-12,14,24H,13,15H2,1-5H3,(H,27,30)/t24-/m1/s1. The maximum atomic E-state index is 14.7. The van der Waals surface area contributed by atoms with Gasteiger partial charge in [0.05, 0.1) is 20.7 Å². The molecule has 0 saturated carbocycles. The van der Waals surface area contributed by atoms with E-state index in [4.69, 9.17) is 9.26 Å². The van der Waals surface area contributed by atoms with Gasteiger partial charge in [0, 0.05) is 20.6 Å². The Hall–Kier alpha value is -3.30. The first-order valence-corrected chi connectivity index (χ1v) is 14.4. The number of carbonyl (C=O) groups excluding carboxylic acids is 2. The number of halogens is 1. The fourth-order valence-electron chi connectivity index (χ4n) is 3.84. The van der Waals surface area contributed by atoms with Gasteiger partial charge in [-0.25, -0.2) is 4.39 Å². The summed E-state index contributed by atoms with van der Waals surface area (Å²) in [6, 6.07) is 12.1. The molecule has 0 fully saturated rings. The van der Waals surface area contributed by atoms with Gasteiger partial charge in [-0.15, -0.1) is 0 Å². The average molecular weight is 485 g/mol. The van der Waals surface area contributed by atoms with E-state index in [1.165, 1.54) is 18.0 Å². The van der Waals surface area contributed by atoms with Crippen LogP contribution in [0.1, 0.15) is 33.3 Å². The Morgan fingerprint density at radius 3 is 2.26 bits per heavy atom. The molecule has 0 aliphatic heterocycles. The maximum Gasteiger partial charge on any atom is 0.293 e. The van der Waals surface area contributed by atoms with Crippen molar-refractivity contribution >= 4 is 25.0 Å². The van der Waals surface area contributed by atoms with Crippen molar-refractivity contribution in [1.29, 1.82) is 0 Å². The molecule has 1 N–H and O–H groups in total. The summed E-state index contributed by atoms with van der Waals surface area (Å²) in [5, 5.41) is 2.78. The molecule has 34 heavy (non-hydrogen) atoms. The molecule has 2 aromatic carbocycles. The van der Waals surface area contributed by atoms with E-state index in [0.717, 1.165) is 11.6 Å². The van der Waals surface area contributed by atoms with Gasteiger partial charge in [0.1, 0.15) is 11.9 Å². The molecular formula is C25H29FN2O5Si. The number of ether oxygens (including phenoxy) is 1. The number of ketones is 1. The van der Waals surface area contributed by atoms with E-state index in [1.807, 2.05) is 12.1 Å². The van der Waals surface area contributed by atoms with Crippen molar-refractivity contribution < 1.29 is 23.2 Å². The Labute approximate surface area is 198 Å². The topological polar surface area (TPSA) is 92.6 Å². The predicted octanol–water partition coefficient (Wildman–Crippen LogP) is 3.42. The lowest BCUT2D eigenvalue weighted by molar-refractivity contribution is -0.122. The van der Waals surface area contributed by atoms with Gasteiger partial charge in [-0.3, -0.25) is 14.4 Å². The van der Waals surface area contributed by atoms with E-state index in [0.29, 0.717) is 22.9 Å². The van der Waals surface area contributed by atoms with Crippen molar-refractivity contribution in [2.45, 2.75) is 38.7 Å². The number of hydrogen-bond acceptors (Lipinski definition) is 5. The molecule has 180 valence electrons. The summed E-state index contributed by atoms with van der Waals surface area (Å²) < 4.78 is 24.8. The van der Waals surface area contributed by atoms with Gasteiger partial charge in [-0.1, -0.05) is 56.0 Å². The smallest absolute Gasteiger partial charge is 0.293 e. The molecular weight excluding hydrogens is 455 g/mol. The molecule has 7 nitrogen and oxygen atoms in total. The Morgan fingerprint density at radius 1 is 1.09 bits per heavy atom. The molecule has 3 rings (SSSR count). The van der Waals surface area contributed by atoms with Crippen LogP contribution in [0, 0.1) is 5.82 Å². The number of benzene rings is 2. The number of hydrogen-bond donors (Lipinski definition) is 1. The second-order valence-corrected chi connectivity index (χ2v) is 14.3. The number of nitrogens with zero attached hydrogens (tertiary/aromatic N) is 1. The zero-order valence-electron chi connectivity index (χ0n) is 20.0. The number of rotatable bonds is 9. The van der Waals surface area contributed by atoms with E-state index < -0.39 is 25.6 Å². The number of methoxy groups -OCH3 is 1. The Morgan fingerprint density at radius 2 is 1.74 bits per heavy atom. The normalized spacial score (nSPS) is 12.4. The maximum absolute atomic E-state index is 14.7. The summed E-state index contributed by atoms with van der Waals surface area (Å²) in [5.41, 5.74) is 1.46. The van der Waals surface area contributed by atoms with Crippen LogP contribution in [0.15, 0.2) is 57.8 Å². The number of nitrogens with one attached hydrogen (secondary N) is 1. The molecule has 1 heterocycles. The largest absolute Gasteiger partial charge is 0.380 e. The summed E-state index contributed by atoms with van der Waals surface area (Å²) in [4.78, 5) is 39.1. The van der Waals surface area contributed by atoms with Crippen LogP contribution in [0.2, 0.25) is 19.6 Å². The summed E-state index contributed by atoms with van der Waals surface area (Å²) in [6.45, 7) is 6.57. The third kappa shape index (κ3) is 5.78. The van der Waals surface area contributed by atoms with E-state index in [2.05, 4.69) is 24.8 Å². The molecule has 1 atom stereocenters. The SMILES string of the molecule is COCc1ccc([C@H](C(=O)Cc2ccc([Si](C)(C)C)c(F)c2)N(C)C(=O)c2cc(=O)[nH]o2)cc1. The second-order valence-electron chi connectivity index (χ2n) is 9.28. The van der Waals surface area contributed by atoms with Gasteiger partial charge < -0.3 is 14.2 Å². The fourth-order valence-corrected chi connectivity index (χ4v) is 5.21. The highest BCUT2D eigenvalue weighted by atomic mass is 28.3. The number of amides is 1. The summed E-state index contributed by atoms with van der Waals surface area (Å²) >= 11 is 0. The van der Waals surface area contributed by atoms with Crippen LogP contribution < -0.4 is 10.7 Å². The van der Waals surface area contributed by atoms with Crippen LogP contribution in [-0.4, -0.2) is 44.0 Å². The first kappa shape index (κ1) is 25.3. The summed E-state index contributed by atoms with van der Waals surface area (Å²) in [6.07, 6.45) is -0.0674. The average Bonchev–Trinajstić information content (AvgIpc) is 3.20. The Balaban J connectivity index is 1.94. The first-order valence-electron chi connectivity index (χ1n) is 10.9. The second kappa shape index (κ2) is 10.3. The van der Waals surface area contributed by atoms with E-state index in [1.54, 1.807) is 31.4 Å². The minimum absolute atomic E-state index is 0.0674. The molecule has 0 aliphatic carbocycles. The molecule has 0 saturated heterocycles. The van der Waals surface area contributed by atoms with Crippen molar-refractivity contribution in [3.8, 4) is 0 Å². The van der Waals surface area contributed by atoms with Crippen LogP contribution in [0.3, 0.4) is 0 Å². The van der Waals surface area contributed by atoms with Gasteiger partial charge in [0.15, 0.2) is 5.78 Å². The van der Waals surface area contributed by atoms with Crippen molar-refractivity contribution in [2.24, 2.45) is 0 Å². The van der Waals surface area contributed by atoms with Crippen LogP contribution in [0.25, 0.3) is 0 Å². The summed E-state index contributed by atoms with van der Waals surface area (Å²) in [7, 11) is 1.20. The zero-order chi connectivity index (χ0) is 25.0. The van der Waals surface area contributed by atoms with E-state index in [-0.39, 0.29) is 23.8 Å². The molecule has 1 amide bonds. The minimum Gasteiger partial charge on any atom is -0.380 e. The van der Waals surface area contributed by atoms with Crippen molar-refractivity contribution in [3.05, 3.63) is 87.2 Å². The van der Waals surface area contributed by atoms with Crippen LogP contribution >= 0.6 is 0 Å². The third-order valence-electron chi connectivity index (χ3n) is 5.57. The van der Waals surface area contributed by atoms with E-state index >= 15 is 0 Å². The minimum atomic E-state index is -1.86. The van der Waals surface area contributed by atoms with Gasteiger partial charge in [-0.2, -0.15) is 5.16 Å². The highest BCUT2D eigenvalue weighted by molar-refractivity contribution is 6.88. The molecule has 1 aromatic heterocycles. The highest BCUT2D eigenvalue weighted by Crippen LogP contribution is 2.25. The molecule has 0 spiro atoms. The molecule has 0 bridgehead atoms. The number of aromatic amines is 1. The first-order chi connectivity index (χ1) is 16.0. The highest BCUT2D eigenvalue weighted by Gasteiger charge is 2.31. The van der Waals surface area contributed by atoms with Gasteiger partial charge in [0.25, 0.3) is 11.5 Å². The number of likely N-dealkylation sites (N-methyl/N-ethyl adjacent to an activating group) is 1. The lowest BCUT2D eigenvalue weighted by atomic mass is 9.95.